The van der Waals surface area contributed by atoms with Crippen molar-refractivity contribution in [3.05, 3.63) is 59.7 Å². The Labute approximate surface area is 114 Å². The van der Waals surface area contributed by atoms with Crippen molar-refractivity contribution in [2.45, 2.75) is 11.5 Å². The van der Waals surface area contributed by atoms with Gasteiger partial charge in [-0.2, -0.15) is 0 Å². The Morgan fingerprint density at radius 2 is 1.95 bits per heavy atom. The molecule has 19 heavy (non-hydrogen) atoms. The highest BCUT2D eigenvalue weighted by Crippen LogP contribution is 2.17. The van der Waals surface area contributed by atoms with Crippen LogP contribution in [0.4, 0.5) is 0 Å². The van der Waals surface area contributed by atoms with E-state index in [0.29, 0.717) is 17.9 Å². The normalized spacial score (nSPS) is 11.8. The second kappa shape index (κ2) is 6.29. The van der Waals surface area contributed by atoms with Crippen LogP contribution in [0.15, 0.2) is 53.4 Å². The van der Waals surface area contributed by atoms with Crippen LogP contribution in [-0.4, -0.2) is 16.8 Å². The first kappa shape index (κ1) is 13.5. The molecule has 4 heteroatoms. The summed E-state index contributed by atoms with van der Waals surface area (Å²) in [7, 11) is -1.04. The average molecular weight is 274 g/mol. The van der Waals surface area contributed by atoms with Crippen LogP contribution in [-0.2, 0) is 17.4 Å². The third kappa shape index (κ3) is 3.51. The Hall–Kier alpha value is -1.94. The molecule has 1 atom stereocenters. The van der Waals surface area contributed by atoms with Crippen molar-refractivity contribution < 1.29 is 13.7 Å². The summed E-state index contributed by atoms with van der Waals surface area (Å²) in [6, 6.07) is 14.4. The maximum absolute atomic E-state index is 11.6. The fourth-order valence-electron chi connectivity index (χ4n) is 1.74. The summed E-state index contributed by atoms with van der Waals surface area (Å²) in [4.78, 5) is 11.5. The van der Waals surface area contributed by atoms with Gasteiger partial charge in [0.2, 0.25) is 0 Å². The molecule has 0 aliphatic rings. The summed E-state index contributed by atoms with van der Waals surface area (Å²) in [5, 5.41) is 0. The maximum atomic E-state index is 11.6. The molecule has 0 radical (unpaired) electrons. The quantitative estimate of drug-likeness (QED) is 0.787. The van der Waals surface area contributed by atoms with Crippen LogP contribution in [0.25, 0.3) is 0 Å². The van der Waals surface area contributed by atoms with E-state index in [2.05, 4.69) is 0 Å². The molecule has 0 saturated carbocycles. The topological polar surface area (TPSA) is 43.4 Å². The highest BCUT2D eigenvalue weighted by atomic mass is 32.2. The molecule has 0 spiro atoms. The van der Waals surface area contributed by atoms with Gasteiger partial charge < -0.3 is 4.74 Å². The van der Waals surface area contributed by atoms with Gasteiger partial charge in [0, 0.05) is 22.3 Å². The number of ether oxygens (including phenoxy) is 1. The van der Waals surface area contributed by atoms with E-state index in [1.54, 1.807) is 30.5 Å². The van der Waals surface area contributed by atoms with Gasteiger partial charge in [0.1, 0.15) is 18.6 Å². The minimum atomic E-state index is -1.04. The summed E-state index contributed by atoms with van der Waals surface area (Å²) in [5.74, 6) is 0.626. The van der Waals surface area contributed by atoms with Crippen LogP contribution in [0.3, 0.4) is 0 Å². The van der Waals surface area contributed by atoms with E-state index in [-0.39, 0.29) is 0 Å². The number of hydrogen-bond donors (Lipinski definition) is 0. The van der Waals surface area contributed by atoms with Gasteiger partial charge in [-0.15, -0.1) is 0 Å². The molecule has 2 rings (SSSR count). The molecule has 0 amide bonds. The summed E-state index contributed by atoms with van der Waals surface area (Å²) < 4.78 is 17.2. The van der Waals surface area contributed by atoms with Gasteiger partial charge in [0.05, 0.1) is 10.8 Å². The minimum Gasteiger partial charge on any atom is -0.489 e. The third-order valence-electron chi connectivity index (χ3n) is 2.67. The Morgan fingerprint density at radius 1 is 1.16 bits per heavy atom. The van der Waals surface area contributed by atoms with Crippen LogP contribution in [0.1, 0.15) is 15.9 Å². The van der Waals surface area contributed by atoms with E-state index in [9.17, 15) is 9.00 Å². The highest BCUT2D eigenvalue weighted by Gasteiger charge is 2.06. The van der Waals surface area contributed by atoms with Crippen molar-refractivity contribution in [2.75, 3.05) is 6.26 Å². The first-order chi connectivity index (χ1) is 9.20. The van der Waals surface area contributed by atoms with E-state index in [0.717, 1.165) is 16.7 Å². The lowest BCUT2D eigenvalue weighted by Gasteiger charge is -2.09. The maximum Gasteiger partial charge on any atom is 0.150 e. The predicted molar refractivity (Wildman–Crippen MR) is 74.9 cm³/mol. The van der Waals surface area contributed by atoms with Gasteiger partial charge in [0.25, 0.3) is 0 Å². The van der Waals surface area contributed by atoms with Crippen LogP contribution in [0, 0.1) is 0 Å². The fraction of sp³-hybridized carbons (Fsp3) is 0.133. The van der Waals surface area contributed by atoms with Crippen molar-refractivity contribution in [3.8, 4) is 5.75 Å². The average Bonchev–Trinajstić information content (AvgIpc) is 2.45. The summed E-state index contributed by atoms with van der Waals surface area (Å²) >= 11 is 0. The Kier molecular flexibility index (Phi) is 4.47. The number of benzene rings is 2. The molecule has 1 unspecified atom stereocenters. The summed E-state index contributed by atoms with van der Waals surface area (Å²) in [6.07, 6.45) is 2.42. The first-order valence-electron chi connectivity index (χ1n) is 5.80. The second-order valence-corrected chi connectivity index (χ2v) is 5.39. The molecular weight excluding hydrogens is 260 g/mol. The van der Waals surface area contributed by atoms with Crippen molar-refractivity contribution in [1.29, 1.82) is 0 Å². The van der Waals surface area contributed by atoms with Crippen molar-refractivity contribution in [2.24, 2.45) is 0 Å². The molecule has 0 N–H and O–H groups in total. The molecule has 98 valence electrons. The molecule has 0 fully saturated rings. The summed E-state index contributed by atoms with van der Waals surface area (Å²) in [5.41, 5.74) is 1.46. The standard InChI is InChI=1S/C15H14O3S/c1-19(17)15-8-3-2-6-13(15)11-18-14-7-4-5-12(9-14)10-16/h2-10H,11H2,1H3. The van der Waals surface area contributed by atoms with E-state index in [1.165, 1.54) is 0 Å². The largest absolute Gasteiger partial charge is 0.489 e. The van der Waals surface area contributed by atoms with Gasteiger partial charge in [-0.05, 0) is 18.2 Å². The van der Waals surface area contributed by atoms with E-state index in [1.807, 2.05) is 24.3 Å². The number of aldehydes is 1. The monoisotopic (exact) mass is 274 g/mol. The Bertz CT molecular complexity index is 608. The lowest BCUT2D eigenvalue weighted by atomic mass is 10.2. The molecule has 0 saturated heterocycles. The zero-order valence-electron chi connectivity index (χ0n) is 10.5. The zero-order chi connectivity index (χ0) is 13.7. The Balaban J connectivity index is 2.14. The lowest BCUT2D eigenvalue weighted by molar-refractivity contribution is 0.112. The van der Waals surface area contributed by atoms with Crippen molar-refractivity contribution in [3.63, 3.8) is 0 Å². The molecule has 2 aromatic rings. The summed E-state index contributed by atoms with van der Waals surface area (Å²) in [6.45, 7) is 0.331. The number of carbonyl (C=O) groups is 1. The SMILES string of the molecule is CS(=O)c1ccccc1COc1cccc(C=O)c1. The Morgan fingerprint density at radius 3 is 2.68 bits per heavy atom. The number of hydrogen-bond acceptors (Lipinski definition) is 3. The zero-order valence-corrected chi connectivity index (χ0v) is 11.4. The van der Waals surface area contributed by atoms with E-state index in [4.69, 9.17) is 4.74 Å². The first-order valence-corrected chi connectivity index (χ1v) is 7.36. The van der Waals surface area contributed by atoms with Crippen LogP contribution in [0.2, 0.25) is 0 Å². The fourth-order valence-corrected chi connectivity index (χ4v) is 2.51. The number of carbonyl (C=O) groups excluding carboxylic acids is 1. The lowest BCUT2D eigenvalue weighted by Crippen LogP contribution is -2.01. The molecule has 3 nitrogen and oxygen atoms in total. The van der Waals surface area contributed by atoms with Crippen molar-refractivity contribution >= 4 is 17.1 Å². The third-order valence-corrected chi connectivity index (χ3v) is 3.69. The number of rotatable bonds is 5. The predicted octanol–water partition coefficient (Wildman–Crippen LogP) is 2.82. The van der Waals surface area contributed by atoms with Gasteiger partial charge >= 0.3 is 0 Å². The smallest absolute Gasteiger partial charge is 0.150 e. The van der Waals surface area contributed by atoms with Gasteiger partial charge in [-0.3, -0.25) is 9.00 Å². The molecule has 0 aliphatic heterocycles. The van der Waals surface area contributed by atoms with Gasteiger partial charge in [-0.1, -0.05) is 30.3 Å². The van der Waals surface area contributed by atoms with Gasteiger partial charge in [-0.25, -0.2) is 0 Å². The highest BCUT2D eigenvalue weighted by molar-refractivity contribution is 7.84. The van der Waals surface area contributed by atoms with Crippen LogP contribution >= 0.6 is 0 Å². The minimum absolute atomic E-state index is 0.331. The molecule has 0 aromatic heterocycles. The van der Waals surface area contributed by atoms with E-state index < -0.39 is 10.8 Å². The molecule has 0 bridgehead atoms. The van der Waals surface area contributed by atoms with Crippen LogP contribution < -0.4 is 4.74 Å². The molecular formula is C15H14O3S. The second-order valence-electron chi connectivity index (χ2n) is 4.04. The molecule has 0 heterocycles. The molecule has 2 aromatic carbocycles. The van der Waals surface area contributed by atoms with Gasteiger partial charge in [0.15, 0.2) is 0 Å². The molecule has 0 aliphatic carbocycles. The van der Waals surface area contributed by atoms with Crippen LogP contribution in [0.5, 0.6) is 5.75 Å². The van der Waals surface area contributed by atoms with E-state index >= 15 is 0 Å². The van der Waals surface area contributed by atoms with Crippen molar-refractivity contribution in [1.82, 2.24) is 0 Å².